The van der Waals surface area contributed by atoms with E-state index in [-0.39, 0.29) is 18.4 Å². The predicted octanol–water partition coefficient (Wildman–Crippen LogP) is 1.55. The van der Waals surface area contributed by atoms with E-state index in [9.17, 15) is 9.59 Å². The van der Waals surface area contributed by atoms with E-state index in [0.29, 0.717) is 12.3 Å². The van der Waals surface area contributed by atoms with E-state index in [1.54, 1.807) is 0 Å². The quantitative estimate of drug-likeness (QED) is 0.658. The van der Waals surface area contributed by atoms with E-state index in [1.807, 2.05) is 6.92 Å². The lowest BCUT2D eigenvalue weighted by molar-refractivity contribution is -0.137. The Labute approximate surface area is 90.0 Å². The van der Waals surface area contributed by atoms with Crippen molar-refractivity contribution in [3.8, 4) is 0 Å². The maximum absolute atomic E-state index is 11.1. The van der Waals surface area contributed by atoms with Crippen LogP contribution in [0.3, 0.4) is 0 Å². The molecule has 2 N–H and O–H groups in total. The van der Waals surface area contributed by atoms with Crippen molar-refractivity contribution >= 4 is 11.9 Å². The van der Waals surface area contributed by atoms with Gasteiger partial charge in [-0.25, -0.2) is 0 Å². The third-order valence-electron chi connectivity index (χ3n) is 3.01. The van der Waals surface area contributed by atoms with Crippen LogP contribution in [0.5, 0.6) is 0 Å². The summed E-state index contributed by atoms with van der Waals surface area (Å²) in [4.78, 5) is 21.3. The normalized spacial score (nSPS) is 25.3. The maximum atomic E-state index is 11.1. The van der Waals surface area contributed by atoms with Gasteiger partial charge in [0.15, 0.2) is 0 Å². The third-order valence-corrected chi connectivity index (χ3v) is 3.01. The van der Waals surface area contributed by atoms with Crippen LogP contribution in [0.15, 0.2) is 0 Å². The molecule has 1 heterocycles. The summed E-state index contributed by atoms with van der Waals surface area (Å²) >= 11 is 0. The average Bonchev–Trinajstić information content (AvgIpc) is 2.44. The Morgan fingerprint density at radius 2 is 2.20 bits per heavy atom. The highest BCUT2D eigenvalue weighted by atomic mass is 16.4. The summed E-state index contributed by atoms with van der Waals surface area (Å²) < 4.78 is 0. The van der Waals surface area contributed by atoms with Gasteiger partial charge in [-0.05, 0) is 25.7 Å². The number of amides is 1. The smallest absolute Gasteiger partial charge is 0.303 e. The molecule has 1 saturated heterocycles. The average molecular weight is 213 g/mol. The Morgan fingerprint density at radius 3 is 2.73 bits per heavy atom. The summed E-state index contributed by atoms with van der Waals surface area (Å²) in [7, 11) is 0. The number of rotatable bonds is 6. The van der Waals surface area contributed by atoms with Crippen LogP contribution in [0.4, 0.5) is 0 Å². The molecule has 1 amide bonds. The van der Waals surface area contributed by atoms with E-state index in [4.69, 9.17) is 5.11 Å². The minimum atomic E-state index is -0.721. The van der Waals surface area contributed by atoms with Crippen molar-refractivity contribution < 1.29 is 14.7 Å². The van der Waals surface area contributed by atoms with Gasteiger partial charge in [-0.15, -0.1) is 0 Å². The fourth-order valence-electron chi connectivity index (χ4n) is 2.06. The fraction of sp³-hybridized carbons (Fsp3) is 0.818. The lowest BCUT2D eigenvalue weighted by Crippen LogP contribution is -2.25. The standard InChI is InChI=1S/C11H19NO3/c1-8-9(7-10(13)12-8)5-3-2-4-6-11(14)15/h8-9H,2-7H2,1H3,(H,12,13)(H,14,15)/t8-,9-/m1/s1. The molecule has 0 spiro atoms. The van der Waals surface area contributed by atoms with Crippen molar-refractivity contribution in [3.63, 3.8) is 0 Å². The van der Waals surface area contributed by atoms with Crippen LogP contribution in [0.2, 0.25) is 0 Å². The lowest BCUT2D eigenvalue weighted by atomic mass is 9.95. The second kappa shape index (κ2) is 5.73. The highest BCUT2D eigenvalue weighted by Gasteiger charge is 2.27. The summed E-state index contributed by atoms with van der Waals surface area (Å²) in [6.45, 7) is 2.03. The summed E-state index contributed by atoms with van der Waals surface area (Å²) in [6.07, 6.45) is 4.65. The fourth-order valence-corrected chi connectivity index (χ4v) is 2.06. The number of carboxylic acid groups (broad SMARTS) is 1. The van der Waals surface area contributed by atoms with Crippen LogP contribution in [-0.2, 0) is 9.59 Å². The van der Waals surface area contributed by atoms with Crippen LogP contribution in [0, 0.1) is 5.92 Å². The number of aliphatic carboxylic acids is 1. The van der Waals surface area contributed by atoms with Gasteiger partial charge >= 0.3 is 5.97 Å². The van der Waals surface area contributed by atoms with Crippen LogP contribution in [0.1, 0.15) is 45.4 Å². The van der Waals surface area contributed by atoms with Gasteiger partial charge in [0, 0.05) is 18.9 Å². The Bertz CT molecular complexity index is 240. The Kier molecular flexibility index (Phi) is 4.59. The molecule has 0 radical (unpaired) electrons. The molecule has 0 aromatic carbocycles. The van der Waals surface area contributed by atoms with Crippen molar-refractivity contribution in [1.82, 2.24) is 5.32 Å². The molecular formula is C11H19NO3. The molecule has 0 bridgehead atoms. The predicted molar refractivity (Wildman–Crippen MR) is 56.4 cm³/mol. The molecule has 0 unspecified atom stereocenters. The van der Waals surface area contributed by atoms with E-state index in [0.717, 1.165) is 25.7 Å². The topological polar surface area (TPSA) is 66.4 Å². The molecule has 0 aromatic rings. The van der Waals surface area contributed by atoms with Gasteiger partial charge in [0.2, 0.25) is 5.91 Å². The monoisotopic (exact) mass is 213 g/mol. The van der Waals surface area contributed by atoms with E-state index < -0.39 is 5.97 Å². The maximum Gasteiger partial charge on any atom is 0.303 e. The van der Waals surface area contributed by atoms with Crippen molar-refractivity contribution in [1.29, 1.82) is 0 Å². The number of carbonyl (C=O) groups is 2. The second-order valence-corrected chi connectivity index (χ2v) is 4.31. The van der Waals surface area contributed by atoms with Crippen LogP contribution >= 0.6 is 0 Å². The first-order valence-corrected chi connectivity index (χ1v) is 5.60. The molecular weight excluding hydrogens is 194 g/mol. The number of hydrogen-bond donors (Lipinski definition) is 2. The van der Waals surface area contributed by atoms with Crippen LogP contribution < -0.4 is 5.32 Å². The zero-order valence-corrected chi connectivity index (χ0v) is 9.16. The first-order valence-electron chi connectivity index (χ1n) is 5.60. The lowest BCUT2D eigenvalue weighted by Gasteiger charge is -2.13. The highest BCUT2D eigenvalue weighted by Crippen LogP contribution is 2.22. The van der Waals surface area contributed by atoms with Gasteiger partial charge in [0.1, 0.15) is 0 Å². The second-order valence-electron chi connectivity index (χ2n) is 4.31. The molecule has 4 heteroatoms. The minimum absolute atomic E-state index is 0.151. The zero-order chi connectivity index (χ0) is 11.3. The third kappa shape index (κ3) is 4.32. The van der Waals surface area contributed by atoms with Gasteiger partial charge in [-0.3, -0.25) is 9.59 Å². The molecule has 2 atom stereocenters. The van der Waals surface area contributed by atoms with Crippen LogP contribution in [0.25, 0.3) is 0 Å². The van der Waals surface area contributed by atoms with E-state index in [1.165, 1.54) is 0 Å². The molecule has 0 aromatic heterocycles. The molecule has 0 aliphatic carbocycles. The number of carbonyl (C=O) groups excluding carboxylic acids is 1. The van der Waals surface area contributed by atoms with Gasteiger partial charge in [-0.1, -0.05) is 12.8 Å². The summed E-state index contributed by atoms with van der Waals surface area (Å²) in [5, 5.41) is 11.3. The summed E-state index contributed by atoms with van der Waals surface area (Å²) in [6, 6.07) is 0.289. The molecule has 1 aliphatic rings. The van der Waals surface area contributed by atoms with E-state index in [2.05, 4.69) is 5.32 Å². The minimum Gasteiger partial charge on any atom is -0.481 e. The first-order chi connectivity index (χ1) is 7.09. The molecule has 1 fully saturated rings. The SMILES string of the molecule is C[C@H]1NC(=O)C[C@H]1CCCCCC(=O)O. The van der Waals surface area contributed by atoms with Crippen molar-refractivity contribution in [2.24, 2.45) is 5.92 Å². The highest BCUT2D eigenvalue weighted by molar-refractivity contribution is 5.78. The van der Waals surface area contributed by atoms with Gasteiger partial charge in [0.05, 0.1) is 0 Å². The number of nitrogens with one attached hydrogen (secondary N) is 1. The zero-order valence-electron chi connectivity index (χ0n) is 9.16. The summed E-state index contributed by atoms with van der Waals surface area (Å²) in [5.74, 6) is -0.124. The Morgan fingerprint density at radius 1 is 1.47 bits per heavy atom. The molecule has 4 nitrogen and oxygen atoms in total. The number of unbranched alkanes of at least 4 members (excludes halogenated alkanes) is 2. The molecule has 1 rings (SSSR count). The Balaban J connectivity index is 2.05. The molecule has 86 valence electrons. The number of carboxylic acids is 1. The Hall–Kier alpha value is -1.06. The van der Waals surface area contributed by atoms with Gasteiger partial charge in [0.25, 0.3) is 0 Å². The van der Waals surface area contributed by atoms with Gasteiger partial charge in [-0.2, -0.15) is 0 Å². The number of hydrogen-bond acceptors (Lipinski definition) is 2. The molecule has 15 heavy (non-hydrogen) atoms. The van der Waals surface area contributed by atoms with Crippen molar-refractivity contribution in [2.45, 2.75) is 51.5 Å². The van der Waals surface area contributed by atoms with Crippen molar-refractivity contribution in [3.05, 3.63) is 0 Å². The molecule has 1 aliphatic heterocycles. The van der Waals surface area contributed by atoms with Crippen molar-refractivity contribution in [2.75, 3.05) is 0 Å². The first kappa shape index (κ1) is 12.0. The van der Waals surface area contributed by atoms with Crippen LogP contribution in [-0.4, -0.2) is 23.0 Å². The van der Waals surface area contributed by atoms with E-state index >= 15 is 0 Å². The summed E-state index contributed by atoms with van der Waals surface area (Å²) in [5.41, 5.74) is 0. The molecule has 0 saturated carbocycles. The van der Waals surface area contributed by atoms with Gasteiger partial charge < -0.3 is 10.4 Å². The largest absolute Gasteiger partial charge is 0.481 e.